The number of carbonyl (C=O) groups is 2. The zero-order chi connectivity index (χ0) is 30.7. The Morgan fingerprint density at radius 2 is 1.49 bits per heavy atom. The molecule has 1 saturated heterocycles. The number of hydrogen-bond acceptors (Lipinski definition) is 4. The lowest BCUT2D eigenvalue weighted by atomic mass is 9.92. The maximum atomic E-state index is 14.1. The van der Waals surface area contributed by atoms with Crippen molar-refractivity contribution in [1.29, 1.82) is 0 Å². The van der Waals surface area contributed by atoms with Crippen LogP contribution in [0, 0.1) is 18.6 Å². The minimum Gasteiger partial charge on any atom is -0.336 e. The third-order valence-electron chi connectivity index (χ3n) is 7.45. The Hall–Kier alpha value is -4.57. The molecule has 0 saturated carbocycles. The van der Waals surface area contributed by atoms with E-state index in [1.54, 1.807) is 4.68 Å². The first-order valence-electron chi connectivity index (χ1n) is 14.3. The summed E-state index contributed by atoms with van der Waals surface area (Å²) in [5.41, 5.74) is 3.83. The van der Waals surface area contributed by atoms with Crippen LogP contribution in [0.3, 0.4) is 0 Å². The Morgan fingerprint density at radius 3 is 2.09 bits per heavy atom. The predicted octanol–water partition coefficient (Wildman–Crippen LogP) is 6.36. The largest absolute Gasteiger partial charge is 0.336 e. The van der Waals surface area contributed by atoms with Crippen LogP contribution in [0.15, 0.2) is 72.8 Å². The maximum absolute atomic E-state index is 14.1. The molecule has 0 spiro atoms. The normalized spacial score (nSPS) is 14.0. The lowest BCUT2D eigenvalue weighted by Crippen LogP contribution is -2.48. The summed E-state index contributed by atoms with van der Waals surface area (Å²) in [5.74, 6) is -1.75. The van der Waals surface area contributed by atoms with Gasteiger partial charge in [-0.25, -0.2) is 18.3 Å². The molecule has 1 aromatic heterocycles. The minimum absolute atomic E-state index is 0.196. The summed E-state index contributed by atoms with van der Waals surface area (Å²) in [6, 6.07) is 20.5. The summed E-state index contributed by atoms with van der Waals surface area (Å²) in [6.45, 7) is 10.8. The third kappa shape index (κ3) is 7.09. The fourth-order valence-corrected chi connectivity index (χ4v) is 4.92. The predicted molar refractivity (Wildman–Crippen MR) is 164 cm³/mol. The fraction of sp³-hybridized carbons (Fsp3) is 0.303. The first-order chi connectivity index (χ1) is 20.5. The number of piperazine rings is 1. The Balaban J connectivity index is 1.17. The first-order valence-corrected chi connectivity index (χ1v) is 14.3. The molecule has 224 valence electrons. The Labute approximate surface area is 250 Å². The second-order valence-electron chi connectivity index (χ2n) is 11.9. The molecular formula is C33H36F2N6O2. The lowest BCUT2D eigenvalue weighted by molar-refractivity contribution is 0.0619. The number of benzene rings is 3. The number of carbonyl (C=O) groups excluding carboxylic acids is 2. The number of amides is 3. The number of rotatable bonds is 6. The van der Waals surface area contributed by atoms with Gasteiger partial charge in [0.05, 0.1) is 11.4 Å². The van der Waals surface area contributed by atoms with Crippen LogP contribution in [-0.2, 0) is 12.0 Å². The molecule has 0 aliphatic carbocycles. The number of nitrogens with one attached hydrogen (secondary N) is 2. The quantitative estimate of drug-likeness (QED) is 0.276. The van der Waals surface area contributed by atoms with Gasteiger partial charge in [-0.05, 0) is 48.9 Å². The van der Waals surface area contributed by atoms with Crippen molar-refractivity contribution in [2.24, 2.45) is 0 Å². The van der Waals surface area contributed by atoms with Gasteiger partial charge in [0.1, 0.15) is 23.0 Å². The summed E-state index contributed by atoms with van der Waals surface area (Å²) < 4.78 is 29.8. The second-order valence-corrected chi connectivity index (χ2v) is 11.9. The average molecular weight is 587 g/mol. The Kier molecular flexibility index (Phi) is 8.59. The van der Waals surface area contributed by atoms with E-state index in [0.29, 0.717) is 44.2 Å². The summed E-state index contributed by atoms with van der Waals surface area (Å²) in [6.07, 6.45) is 0. The number of hydrogen-bond donors (Lipinski definition) is 2. The smallest absolute Gasteiger partial charge is 0.324 e. The van der Waals surface area contributed by atoms with Crippen molar-refractivity contribution in [1.82, 2.24) is 19.6 Å². The van der Waals surface area contributed by atoms with Crippen LogP contribution in [0.5, 0.6) is 0 Å². The van der Waals surface area contributed by atoms with Crippen LogP contribution in [0.4, 0.5) is 25.1 Å². The molecule has 1 aliphatic rings. The van der Waals surface area contributed by atoms with Gasteiger partial charge in [-0.3, -0.25) is 15.0 Å². The number of halogens is 2. The van der Waals surface area contributed by atoms with Gasteiger partial charge in [0.15, 0.2) is 0 Å². The van der Waals surface area contributed by atoms with Gasteiger partial charge >= 0.3 is 6.03 Å². The monoisotopic (exact) mass is 586 g/mol. The highest BCUT2D eigenvalue weighted by Crippen LogP contribution is 2.27. The molecule has 5 rings (SSSR count). The molecule has 4 aromatic rings. The SMILES string of the molecule is Cc1ccc(-n2nc(C(C)(C)C)cc2NC(=O)Nc2ccc(CN3CCN(C(=O)c4c(F)cccc4F)CC3)cc2)cc1. The number of urea groups is 1. The molecule has 10 heteroatoms. The highest BCUT2D eigenvalue weighted by Gasteiger charge is 2.26. The highest BCUT2D eigenvalue weighted by atomic mass is 19.1. The number of aryl methyl sites for hydroxylation is 1. The van der Waals surface area contributed by atoms with Gasteiger partial charge in [0.2, 0.25) is 0 Å². The van der Waals surface area contributed by atoms with E-state index in [4.69, 9.17) is 5.10 Å². The van der Waals surface area contributed by atoms with Gasteiger partial charge in [0, 0.05) is 49.9 Å². The fourth-order valence-electron chi connectivity index (χ4n) is 4.92. The maximum Gasteiger partial charge on any atom is 0.324 e. The van der Waals surface area contributed by atoms with E-state index in [1.165, 1.54) is 11.0 Å². The van der Waals surface area contributed by atoms with E-state index < -0.39 is 23.1 Å². The number of aromatic nitrogens is 2. The minimum atomic E-state index is -0.846. The molecule has 0 radical (unpaired) electrons. The summed E-state index contributed by atoms with van der Waals surface area (Å²) in [4.78, 5) is 29.3. The standard InChI is InChI=1S/C33H36F2N6O2/c1-22-8-14-25(15-9-22)41-29(20-28(38-41)33(2,3)4)37-32(43)36-24-12-10-23(11-13-24)21-39-16-18-40(19-17-39)31(42)30-26(34)6-5-7-27(30)35/h5-15,20H,16-19,21H2,1-4H3,(H2,36,37,43). The van der Waals surface area contributed by atoms with E-state index in [1.807, 2.05) is 61.5 Å². The average Bonchev–Trinajstić information content (AvgIpc) is 3.39. The van der Waals surface area contributed by atoms with Crippen LogP contribution < -0.4 is 10.6 Å². The van der Waals surface area contributed by atoms with E-state index in [2.05, 4.69) is 36.3 Å². The zero-order valence-electron chi connectivity index (χ0n) is 24.8. The molecule has 2 N–H and O–H groups in total. The Morgan fingerprint density at radius 1 is 0.860 bits per heavy atom. The number of nitrogens with zero attached hydrogens (tertiary/aromatic N) is 4. The first kappa shape index (κ1) is 29.9. The van der Waals surface area contributed by atoms with Crippen LogP contribution in [0.1, 0.15) is 48.0 Å². The molecule has 0 unspecified atom stereocenters. The Bertz CT molecular complexity index is 1580. The molecule has 0 atom stereocenters. The summed E-state index contributed by atoms with van der Waals surface area (Å²) >= 11 is 0. The van der Waals surface area contributed by atoms with E-state index >= 15 is 0 Å². The van der Waals surface area contributed by atoms with Gasteiger partial charge in [-0.1, -0.05) is 56.7 Å². The number of anilines is 2. The molecule has 0 bridgehead atoms. The van der Waals surface area contributed by atoms with Crippen LogP contribution >= 0.6 is 0 Å². The van der Waals surface area contributed by atoms with E-state index in [-0.39, 0.29) is 11.4 Å². The van der Waals surface area contributed by atoms with Crippen molar-refractivity contribution in [3.05, 3.63) is 107 Å². The molecule has 43 heavy (non-hydrogen) atoms. The molecule has 8 nitrogen and oxygen atoms in total. The molecule has 1 fully saturated rings. The summed E-state index contributed by atoms with van der Waals surface area (Å²) in [7, 11) is 0. The molecule has 1 aliphatic heterocycles. The van der Waals surface area contributed by atoms with Crippen molar-refractivity contribution >= 4 is 23.4 Å². The van der Waals surface area contributed by atoms with Gasteiger partial charge in [-0.15, -0.1) is 0 Å². The molecule has 2 heterocycles. The van der Waals surface area contributed by atoms with Crippen molar-refractivity contribution in [2.75, 3.05) is 36.8 Å². The lowest BCUT2D eigenvalue weighted by Gasteiger charge is -2.34. The molecular weight excluding hydrogens is 550 g/mol. The van der Waals surface area contributed by atoms with Crippen LogP contribution in [0.2, 0.25) is 0 Å². The van der Waals surface area contributed by atoms with Crippen molar-refractivity contribution in [3.8, 4) is 5.69 Å². The van der Waals surface area contributed by atoms with Gasteiger partial charge in [0.25, 0.3) is 5.91 Å². The van der Waals surface area contributed by atoms with E-state index in [0.717, 1.165) is 34.6 Å². The zero-order valence-corrected chi connectivity index (χ0v) is 24.8. The van der Waals surface area contributed by atoms with Crippen molar-refractivity contribution in [2.45, 2.75) is 39.7 Å². The van der Waals surface area contributed by atoms with Gasteiger partial charge in [-0.2, -0.15) is 5.10 Å². The van der Waals surface area contributed by atoms with Crippen molar-refractivity contribution < 1.29 is 18.4 Å². The van der Waals surface area contributed by atoms with Gasteiger partial charge < -0.3 is 10.2 Å². The van der Waals surface area contributed by atoms with Crippen molar-refractivity contribution in [3.63, 3.8) is 0 Å². The third-order valence-corrected chi connectivity index (χ3v) is 7.45. The second kappa shape index (κ2) is 12.3. The summed E-state index contributed by atoms with van der Waals surface area (Å²) in [5, 5.41) is 10.6. The van der Waals surface area contributed by atoms with Crippen LogP contribution in [-0.4, -0.2) is 57.7 Å². The van der Waals surface area contributed by atoms with E-state index in [9.17, 15) is 18.4 Å². The topological polar surface area (TPSA) is 82.5 Å². The van der Waals surface area contributed by atoms with Crippen LogP contribution in [0.25, 0.3) is 5.69 Å². The highest BCUT2D eigenvalue weighted by molar-refractivity contribution is 5.99. The molecule has 3 amide bonds. The molecule has 3 aromatic carbocycles.